The van der Waals surface area contributed by atoms with Crippen LogP contribution in [0, 0.1) is 0 Å². The lowest BCUT2D eigenvalue weighted by molar-refractivity contribution is 0.0942. The number of H-pyrrole nitrogens is 1. The average molecular weight is 349 g/mol. The zero-order valence-electron chi connectivity index (χ0n) is 13.4. The number of nitrogens with one attached hydrogen (secondary N) is 2. The first-order valence-electron chi connectivity index (χ1n) is 7.61. The van der Waals surface area contributed by atoms with E-state index in [9.17, 15) is 13.2 Å². The largest absolute Gasteiger partial charge is 0.343 e. The molecule has 3 heterocycles. The molecule has 3 rings (SSSR count). The highest BCUT2D eigenvalue weighted by Gasteiger charge is 2.24. The standard InChI is InChI=1S/C15H19N5O3S/c1-10(2)14-16-4-5-20(14)8-12-7-13(19-18-12)15(21)17-11-3-6-24(22,23)9-11/h3-7,10-11H,8-9H2,1-2H3,(H,17,21)(H,18,19). The molecule has 1 aliphatic rings. The highest BCUT2D eigenvalue weighted by Crippen LogP contribution is 2.14. The predicted octanol–water partition coefficient (Wildman–Crippen LogP) is 0.818. The maximum absolute atomic E-state index is 12.2. The van der Waals surface area contributed by atoms with Crippen molar-refractivity contribution in [1.82, 2.24) is 25.1 Å². The van der Waals surface area contributed by atoms with Gasteiger partial charge in [-0.05, 0) is 12.1 Å². The first-order valence-corrected chi connectivity index (χ1v) is 9.33. The number of aromatic nitrogens is 4. The molecule has 128 valence electrons. The molecule has 0 radical (unpaired) electrons. The van der Waals surface area contributed by atoms with Crippen molar-refractivity contribution in [2.24, 2.45) is 0 Å². The van der Waals surface area contributed by atoms with Gasteiger partial charge in [0.25, 0.3) is 5.91 Å². The first-order chi connectivity index (χ1) is 11.3. The summed E-state index contributed by atoms with van der Waals surface area (Å²) in [5.74, 6) is 0.737. The van der Waals surface area contributed by atoms with Crippen molar-refractivity contribution in [3.8, 4) is 0 Å². The molecule has 2 aromatic rings. The summed E-state index contributed by atoms with van der Waals surface area (Å²) < 4.78 is 24.7. The number of carbonyl (C=O) groups is 1. The van der Waals surface area contributed by atoms with Crippen LogP contribution in [0.3, 0.4) is 0 Å². The Kier molecular flexibility index (Phi) is 4.27. The third-order valence-electron chi connectivity index (χ3n) is 3.71. The van der Waals surface area contributed by atoms with Crippen LogP contribution in [-0.4, -0.2) is 45.9 Å². The minimum absolute atomic E-state index is 0.108. The molecular weight excluding hydrogens is 330 g/mol. The summed E-state index contributed by atoms with van der Waals surface area (Å²) in [4.78, 5) is 16.5. The highest BCUT2D eigenvalue weighted by molar-refractivity contribution is 7.94. The molecule has 0 aromatic carbocycles. The zero-order chi connectivity index (χ0) is 17.3. The second kappa shape index (κ2) is 6.23. The third-order valence-corrected chi connectivity index (χ3v) is 5.11. The van der Waals surface area contributed by atoms with E-state index in [1.165, 1.54) is 6.08 Å². The highest BCUT2D eigenvalue weighted by atomic mass is 32.2. The molecule has 1 amide bonds. The van der Waals surface area contributed by atoms with Gasteiger partial charge in [0.2, 0.25) is 0 Å². The molecule has 0 saturated heterocycles. The van der Waals surface area contributed by atoms with Crippen molar-refractivity contribution in [1.29, 1.82) is 0 Å². The molecule has 0 saturated carbocycles. The molecule has 8 nitrogen and oxygen atoms in total. The molecule has 0 spiro atoms. The summed E-state index contributed by atoms with van der Waals surface area (Å²) in [6.07, 6.45) is 5.09. The fourth-order valence-electron chi connectivity index (χ4n) is 2.61. The van der Waals surface area contributed by atoms with Gasteiger partial charge in [0.1, 0.15) is 11.5 Å². The van der Waals surface area contributed by atoms with Crippen molar-refractivity contribution in [3.05, 3.63) is 47.2 Å². The van der Waals surface area contributed by atoms with Gasteiger partial charge in [-0.1, -0.05) is 13.8 Å². The Labute approximate surface area is 139 Å². The molecule has 0 aliphatic carbocycles. The zero-order valence-corrected chi connectivity index (χ0v) is 14.2. The van der Waals surface area contributed by atoms with E-state index >= 15 is 0 Å². The van der Waals surface area contributed by atoms with Gasteiger partial charge in [-0.2, -0.15) is 5.10 Å². The number of sulfone groups is 1. The van der Waals surface area contributed by atoms with Gasteiger partial charge in [-0.25, -0.2) is 13.4 Å². The van der Waals surface area contributed by atoms with Gasteiger partial charge in [-0.3, -0.25) is 9.89 Å². The van der Waals surface area contributed by atoms with Crippen molar-refractivity contribution < 1.29 is 13.2 Å². The van der Waals surface area contributed by atoms with Crippen molar-refractivity contribution >= 4 is 15.7 Å². The Bertz CT molecular complexity index is 879. The van der Waals surface area contributed by atoms with Crippen LogP contribution in [0.2, 0.25) is 0 Å². The van der Waals surface area contributed by atoms with E-state index in [1.807, 2.05) is 10.8 Å². The maximum Gasteiger partial charge on any atom is 0.272 e. The fourth-order valence-corrected chi connectivity index (χ4v) is 3.84. The number of aromatic amines is 1. The van der Waals surface area contributed by atoms with Crippen molar-refractivity contribution in [3.63, 3.8) is 0 Å². The number of carbonyl (C=O) groups excluding carboxylic acids is 1. The van der Waals surface area contributed by atoms with Crippen molar-refractivity contribution in [2.45, 2.75) is 32.4 Å². The summed E-state index contributed by atoms with van der Waals surface area (Å²) >= 11 is 0. The quantitative estimate of drug-likeness (QED) is 0.830. The predicted molar refractivity (Wildman–Crippen MR) is 88.2 cm³/mol. The van der Waals surface area contributed by atoms with Gasteiger partial charge >= 0.3 is 0 Å². The minimum atomic E-state index is -3.20. The summed E-state index contributed by atoms with van der Waals surface area (Å²) in [5, 5.41) is 10.6. The van der Waals surface area contributed by atoms with E-state index in [4.69, 9.17) is 0 Å². The molecule has 2 aromatic heterocycles. The normalized spacial score (nSPS) is 19.0. The Hall–Kier alpha value is -2.42. The van der Waals surface area contributed by atoms with Gasteiger partial charge in [0.15, 0.2) is 9.84 Å². The number of rotatable bonds is 5. The third kappa shape index (κ3) is 3.56. The second-order valence-electron chi connectivity index (χ2n) is 6.08. The SMILES string of the molecule is CC(C)c1nccn1Cc1cc(C(=O)NC2C=CS(=O)(=O)C2)n[nH]1. The lowest BCUT2D eigenvalue weighted by Crippen LogP contribution is -2.35. The van der Waals surface area contributed by atoms with Crippen LogP contribution in [0.15, 0.2) is 29.9 Å². The van der Waals surface area contributed by atoms with E-state index in [2.05, 4.69) is 34.3 Å². The lowest BCUT2D eigenvalue weighted by atomic mass is 10.2. The van der Waals surface area contributed by atoms with Gasteiger partial charge in [-0.15, -0.1) is 0 Å². The molecule has 0 bridgehead atoms. The Morgan fingerprint density at radius 2 is 2.29 bits per heavy atom. The van der Waals surface area contributed by atoms with Crippen molar-refractivity contribution in [2.75, 3.05) is 5.75 Å². The van der Waals surface area contributed by atoms with E-state index in [-0.39, 0.29) is 11.4 Å². The molecule has 1 atom stereocenters. The monoisotopic (exact) mass is 349 g/mol. The lowest BCUT2D eigenvalue weighted by Gasteiger charge is -2.08. The van der Waals surface area contributed by atoms with Gasteiger partial charge in [0, 0.05) is 23.7 Å². The second-order valence-corrected chi connectivity index (χ2v) is 8.02. The molecule has 1 unspecified atom stereocenters. The van der Waals surface area contributed by atoms with Crippen LogP contribution in [-0.2, 0) is 16.4 Å². The van der Waals surface area contributed by atoms with E-state index in [0.29, 0.717) is 12.5 Å². The average Bonchev–Trinajstić information content (AvgIpc) is 3.20. The van der Waals surface area contributed by atoms with Crippen LogP contribution in [0.25, 0.3) is 0 Å². The van der Waals surface area contributed by atoms with E-state index in [0.717, 1.165) is 16.9 Å². The molecule has 24 heavy (non-hydrogen) atoms. The Morgan fingerprint density at radius 3 is 2.96 bits per heavy atom. The number of nitrogens with zero attached hydrogens (tertiary/aromatic N) is 3. The van der Waals surface area contributed by atoms with Crippen LogP contribution in [0.1, 0.15) is 41.8 Å². The van der Waals surface area contributed by atoms with Gasteiger partial charge < -0.3 is 9.88 Å². The molecule has 9 heteroatoms. The topological polar surface area (TPSA) is 110 Å². The molecule has 2 N–H and O–H groups in total. The van der Waals surface area contributed by atoms with Crippen LogP contribution >= 0.6 is 0 Å². The van der Waals surface area contributed by atoms with Crippen LogP contribution in [0.5, 0.6) is 0 Å². The summed E-state index contributed by atoms with van der Waals surface area (Å²) in [6.45, 7) is 4.66. The number of imidazole rings is 1. The van der Waals surface area contributed by atoms with E-state index in [1.54, 1.807) is 12.3 Å². The first kappa shape index (κ1) is 16.4. The fraction of sp³-hybridized carbons (Fsp3) is 0.400. The number of hydrogen-bond donors (Lipinski definition) is 2. The Morgan fingerprint density at radius 1 is 1.50 bits per heavy atom. The summed E-state index contributed by atoms with van der Waals surface area (Å²) in [6, 6.07) is 1.15. The minimum Gasteiger partial charge on any atom is -0.343 e. The van der Waals surface area contributed by atoms with Crippen LogP contribution < -0.4 is 5.32 Å². The van der Waals surface area contributed by atoms with E-state index < -0.39 is 21.8 Å². The van der Waals surface area contributed by atoms with Crippen LogP contribution in [0.4, 0.5) is 0 Å². The molecule has 1 aliphatic heterocycles. The number of hydrogen-bond acceptors (Lipinski definition) is 5. The summed E-state index contributed by atoms with van der Waals surface area (Å²) in [5.41, 5.74) is 1.00. The molecular formula is C15H19N5O3S. The summed E-state index contributed by atoms with van der Waals surface area (Å²) in [7, 11) is -3.20. The molecule has 0 fully saturated rings. The Balaban J connectivity index is 1.66. The maximum atomic E-state index is 12.2. The van der Waals surface area contributed by atoms with Gasteiger partial charge in [0.05, 0.1) is 24.0 Å². The smallest absolute Gasteiger partial charge is 0.272 e. The number of amides is 1.